The molecule has 17 heavy (non-hydrogen) atoms. The fourth-order valence-corrected chi connectivity index (χ4v) is 2.41. The fourth-order valence-electron chi connectivity index (χ4n) is 1.56. The first kappa shape index (κ1) is 12.3. The monoisotopic (exact) mass is 422 g/mol. The van der Waals surface area contributed by atoms with Crippen LogP contribution in [0.1, 0.15) is 0 Å². The van der Waals surface area contributed by atoms with Crippen molar-refractivity contribution in [2.24, 2.45) is 0 Å². The van der Waals surface area contributed by atoms with Crippen LogP contribution in [0.5, 0.6) is 0 Å². The van der Waals surface area contributed by atoms with Crippen LogP contribution in [0.3, 0.4) is 0 Å². The summed E-state index contributed by atoms with van der Waals surface area (Å²) in [6, 6.07) is 9.48. The molecule has 2 aromatic heterocycles. The first-order chi connectivity index (χ1) is 7.86. The SMILES string of the molecule is Fc1ccc[c-]c1-c1ncnc2ccsc12.[Ir]. The van der Waals surface area contributed by atoms with Gasteiger partial charge in [-0.3, -0.25) is 9.37 Å². The molecule has 0 spiro atoms. The Morgan fingerprint density at radius 3 is 2.94 bits per heavy atom. The first-order valence-electron chi connectivity index (χ1n) is 4.71. The van der Waals surface area contributed by atoms with E-state index in [2.05, 4.69) is 16.0 Å². The zero-order chi connectivity index (χ0) is 11.0. The Kier molecular flexibility index (Phi) is 3.62. The molecular formula is C12H6FIrN2S-. The predicted octanol–water partition coefficient (Wildman–Crippen LogP) is 3.30. The van der Waals surface area contributed by atoms with E-state index in [1.54, 1.807) is 12.1 Å². The topological polar surface area (TPSA) is 25.8 Å². The minimum absolute atomic E-state index is 0. The number of halogens is 1. The zero-order valence-electron chi connectivity index (χ0n) is 8.48. The van der Waals surface area contributed by atoms with E-state index in [9.17, 15) is 4.39 Å². The van der Waals surface area contributed by atoms with Crippen molar-refractivity contribution < 1.29 is 24.5 Å². The van der Waals surface area contributed by atoms with E-state index in [1.807, 2.05) is 11.4 Å². The summed E-state index contributed by atoms with van der Waals surface area (Å²) in [5.74, 6) is -0.309. The summed E-state index contributed by atoms with van der Waals surface area (Å²) in [5, 5.41) is 1.92. The normalized spacial score (nSPS) is 10.2. The number of aromatic nitrogens is 2. The van der Waals surface area contributed by atoms with E-state index >= 15 is 0 Å². The minimum atomic E-state index is -0.309. The third kappa shape index (κ3) is 2.14. The Balaban J connectivity index is 0.00000108. The van der Waals surface area contributed by atoms with Crippen molar-refractivity contribution in [2.75, 3.05) is 0 Å². The van der Waals surface area contributed by atoms with Crippen LogP contribution in [0.4, 0.5) is 4.39 Å². The Hall–Kier alpha value is -1.16. The number of fused-ring (bicyclic) bond motifs is 1. The molecule has 0 N–H and O–H groups in total. The third-order valence-corrected chi connectivity index (χ3v) is 3.20. The van der Waals surface area contributed by atoms with E-state index in [4.69, 9.17) is 0 Å². The van der Waals surface area contributed by atoms with Gasteiger partial charge in [0.2, 0.25) is 0 Å². The number of hydrogen-bond donors (Lipinski definition) is 0. The van der Waals surface area contributed by atoms with E-state index in [0.29, 0.717) is 11.3 Å². The summed E-state index contributed by atoms with van der Waals surface area (Å²) in [6.07, 6.45) is 1.45. The molecule has 0 aliphatic carbocycles. The van der Waals surface area contributed by atoms with Crippen molar-refractivity contribution in [3.63, 3.8) is 0 Å². The minimum Gasteiger partial charge on any atom is -0.284 e. The summed E-state index contributed by atoms with van der Waals surface area (Å²) in [7, 11) is 0. The Bertz CT molecular complexity index is 654. The molecule has 0 bridgehead atoms. The molecule has 3 rings (SSSR count). The third-order valence-electron chi connectivity index (χ3n) is 2.29. The second-order valence-electron chi connectivity index (χ2n) is 3.25. The second kappa shape index (κ2) is 5.00. The van der Waals surface area contributed by atoms with E-state index in [0.717, 1.165) is 10.2 Å². The summed E-state index contributed by atoms with van der Waals surface area (Å²) in [4.78, 5) is 8.26. The van der Waals surface area contributed by atoms with Gasteiger partial charge in [0.25, 0.3) is 0 Å². The smallest absolute Gasteiger partial charge is 0.106 e. The molecule has 0 unspecified atom stereocenters. The molecule has 1 radical (unpaired) electrons. The molecule has 0 saturated carbocycles. The van der Waals surface area contributed by atoms with Gasteiger partial charge in [0, 0.05) is 36.3 Å². The first-order valence-corrected chi connectivity index (χ1v) is 5.59. The van der Waals surface area contributed by atoms with Crippen LogP contribution in [0, 0.1) is 11.9 Å². The molecule has 0 saturated heterocycles. The Labute approximate surface area is 115 Å². The molecule has 0 aliphatic heterocycles. The quantitative estimate of drug-likeness (QED) is 0.564. The van der Waals surface area contributed by atoms with Gasteiger partial charge in [-0.25, -0.2) is 4.98 Å². The van der Waals surface area contributed by atoms with Crippen LogP contribution < -0.4 is 0 Å². The number of nitrogens with zero attached hydrogens (tertiary/aromatic N) is 2. The van der Waals surface area contributed by atoms with Crippen molar-refractivity contribution in [1.82, 2.24) is 9.97 Å². The van der Waals surface area contributed by atoms with Gasteiger partial charge in [-0.15, -0.1) is 24.3 Å². The number of benzene rings is 1. The maximum absolute atomic E-state index is 13.6. The van der Waals surface area contributed by atoms with Crippen LogP contribution in [0.25, 0.3) is 21.5 Å². The van der Waals surface area contributed by atoms with Gasteiger partial charge in [-0.1, -0.05) is 5.56 Å². The Morgan fingerprint density at radius 2 is 2.12 bits per heavy atom. The van der Waals surface area contributed by atoms with Gasteiger partial charge in [-0.2, -0.15) is 11.3 Å². The predicted molar refractivity (Wildman–Crippen MR) is 61.6 cm³/mol. The van der Waals surface area contributed by atoms with Crippen molar-refractivity contribution in [3.05, 3.63) is 47.9 Å². The standard InChI is InChI=1S/C12H6FN2S.Ir/c13-9-4-2-1-3-8(9)11-12-10(5-6-16-12)14-7-15-11;/h1-2,4-7H;/q-1;. The maximum atomic E-state index is 13.6. The molecule has 0 fully saturated rings. The molecule has 0 amide bonds. The Morgan fingerprint density at radius 1 is 1.24 bits per heavy atom. The van der Waals surface area contributed by atoms with Gasteiger partial charge >= 0.3 is 0 Å². The summed E-state index contributed by atoms with van der Waals surface area (Å²) in [5.41, 5.74) is 1.85. The fraction of sp³-hybridized carbons (Fsp3) is 0. The molecule has 1 aromatic carbocycles. The second-order valence-corrected chi connectivity index (χ2v) is 4.17. The van der Waals surface area contributed by atoms with E-state index in [-0.39, 0.29) is 25.9 Å². The molecule has 87 valence electrons. The van der Waals surface area contributed by atoms with Crippen LogP contribution in [0.2, 0.25) is 0 Å². The van der Waals surface area contributed by atoms with E-state index in [1.165, 1.54) is 23.7 Å². The van der Waals surface area contributed by atoms with Crippen LogP contribution in [-0.2, 0) is 20.1 Å². The number of thiophene rings is 1. The summed E-state index contributed by atoms with van der Waals surface area (Å²) >= 11 is 1.51. The molecule has 3 aromatic rings. The zero-order valence-corrected chi connectivity index (χ0v) is 11.7. The van der Waals surface area contributed by atoms with Gasteiger partial charge in [-0.05, 0) is 11.4 Å². The van der Waals surface area contributed by atoms with Crippen molar-refractivity contribution in [2.45, 2.75) is 0 Å². The van der Waals surface area contributed by atoms with Gasteiger partial charge < -0.3 is 0 Å². The molecule has 2 nitrogen and oxygen atoms in total. The summed E-state index contributed by atoms with van der Waals surface area (Å²) < 4.78 is 14.5. The molecule has 0 atom stereocenters. The molecule has 0 aliphatic rings. The maximum Gasteiger partial charge on any atom is 0.106 e. The van der Waals surface area contributed by atoms with Crippen LogP contribution >= 0.6 is 11.3 Å². The van der Waals surface area contributed by atoms with Crippen molar-refractivity contribution in [1.29, 1.82) is 0 Å². The van der Waals surface area contributed by atoms with Gasteiger partial charge in [0.1, 0.15) is 6.33 Å². The largest absolute Gasteiger partial charge is 0.284 e. The summed E-state index contributed by atoms with van der Waals surface area (Å²) in [6.45, 7) is 0. The van der Waals surface area contributed by atoms with Crippen LogP contribution in [-0.4, -0.2) is 9.97 Å². The van der Waals surface area contributed by atoms with Crippen LogP contribution in [0.15, 0.2) is 36.0 Å². The number of hydrogen-bond acceptors (Lipinski definition) is 3. The van der Waals surface area contributed by atoms with Crippen molar-refractivity contribution in [3.8, 4) is 11.3 Å². The van der Waals surface area contributed by atoms with Gasteiger partial charge in [0.05, 0.1) is 5.52 Å². The molecule has 2 heterocycles. The van der Waals surface area contributed by atoms with Gasteiger partial charge in [0.15, 0.2) is 0 Å². The van der Waals surface area contributed by atoms with Crippen molar-refractivity contribution >= 4 is 21.6 Å². The number of rotatable bonds is 1. The molecule has 5 heteroatoms. The average Bonchev–Trinajstić information content (AvgIpc) is 2.77. The average molecular weight is 421 g/mol. The molecular weight excluding hydrogens is 415 g/mol. The van der Waals surface area contributed by atoms with E-state index < -0.39 is 0 Å².